The Kier molecular flexibility index (Phi) is 10.4. The number of nitrogens with two attached hydrogens (primary N) is 1. The van der Waals surface area contributed by atoms with E-state index in [1.54, 1.807) is 6.07 Å². The molecule has 0 radical (unpaired) electrons. The maximum Gasteiger partial charge on any atom is 0.324 e. The van der Waals surface area contributed by atoms with Gasteiger partial charge in [0.05, 0.1) is 32.6 Å². The Hall–Kier alpha value is -6.37. The van der Waals surface area contributed by atoms with Crippen LogP contribution >= 0.6 is 0 Å². The second-order valence-corrected chi connectivity index (χ2v) is 8.84. The van der Waals surface area contributed by atoms with Crippen molar-refractivity contribution in [2.24, 2.45) is 0 Å². The van der Waals surface area contributed by atoms with Crippen molar-refractivity contribution in [2.75, 3.05) is 11.1 Å². The van der Waals surface area contributed by atoms with Gasteiger partial charge in [-0.05, 0) is 34.4 Å². The molecule has 1 amide bonds. The van der Waals surface area contributed by atoms with Crippen LogP contribution in [0.25, 0.3) is 24.3 Å². The number of carbonyl (C=O) groups is 1. The quantitative estimate of drug-likeness (QED) is 0.0873. The Labute approximate surface area is 244 Å². The van der Waals surface area contributed by atoms with E-state index in [9.17, 15) is 35.1 Å². The topological polar surface area (TPSA) is 205 Å². The van der Waals surface area contributed by atoms with Gasteiger partial charge in [-0.25, -0.2) is 0 Å². The van der Waals surface area contributed by atoms with Gasteiger partial charge in [0, 0.05) is 12.6 Å². The lowest BCUT2D eigenvalue weighted by atomic mass is 10.0. The Bertz CT molecular complexity index is 1690. The fourth-order valence-corrected chi connectivity index (χ4v) is 3.70. The molecule has 0 spiro atoms. The number of benzene rings is 4. The molecule has 218 valence electrons. The summed E-state index contributed by atoms with van der Waals surface area (Å²) in [6, 6.07) is 24.8. The Morgan fingerprint density at radius 3 is 1.60 bits per heavy atom. The summed E-state index contributed by atoms with van der Waals surface area (Å²) in [4.78, 5) is 39.3. The molecule has 0 bridgehead atoms. The fourth-order valence-electron chi connectivity index (χ4n) is 3.70. The van der Waals surface area contributed by atoms with Crippen molar-refractivity contribution in [3.05, 3.63) is 138 Å². The van der Waals surface area contributed by atoms with E-state index in [4.69, 9.17) is 10.8 Å². The summed E-state index contributed by atoms with van der Waals surface area (Å²) in [7, 11) is 0. The average molecular weight is 584 g/mol. The number of nitrogen functional groups attached to an aromatic ring is 1. The summed E-state index contributed by atoms with van der Waals surface area (Å²) in [5.41, 5.74) is 8.51. The van der Waals surface area contributed by atoms with Crippen molar-refractivity contribution in [1.82, 2.24) is 0 Å². The number of nitrogens with zero attached hydrogens (tertiary/aromatic N) is 3. The Morgan fingerprint density at radius 2 is 1.19 bits per heavy atom. The highest BCUT2D eigenvalue weighted by Crippen LogP contribution is 2.39. The van der Waals surface area contributed by atoms with E-state index in [1.165, 1.54) is 6.92 Å². The van der Waals surface area contributed by atoms with Crippen LogP contribution in [-0.4, -0.2) is 25.8 Å². The highest BCUT2D eigenvalue weighted by Gasteiger charge is 2.30. The van der Waals surface area contributed by atoms with Crippen LogP contribution in [-0.2, 0) is 4.79 Å². The van der Waals surface area contributed by atoms with Crippen LogP contribution in [0.5, 0.6) is 5.75 Å². The van der Waals surface area contributed by atoms with E-state index >= 15 is 0 Å². The van der Waals surface area contributed by atoms with Gasteiger partial charge in [0.1, 0.15) is 0 Å². The summed E-state index contributed by atoms with van der Waals surface area (Å²) >= 11 is 0. The second-order valence-electron chi connectivity index (χ2n) is 8.84. The molecule has 0 saturated heterocycles. The van der Waals surface area contributed by atoms with Gasteiger partial charge in [0.2, 0.25) is 5.91 Å². The van der Waals surface area contributed by atoms with Crippen LogP contribution < -0.4 is 11.1 Å². The van der Waals surface area contributed by atoms with Crippen molar-refractivity contribution in [2.45, 2.75) is 6.92 Å². The molecular weight excluding hydrogens is 558 g/mol. The van der Waals surface area contributed by atoms with Crippen LogP contribution in [0.1, 0.15) is 29.2 Å². The minimum atomic E-state index is -1.21. The molecule has 0 heterocycles. The molecule has 0 aliphatic heterocycles. The van der Waals surface area contributed by atoms with Crippen LogP contribution in [0, 0.1) is 30.3 Å². The number of carbonyl (C=O) groups excluding carboxylic acids is 1. The SMILES string of the molecule is CC(=O)Nc1cc(N)c(/C=C/c2ccccc2)cc1/C=C/c1ccccc1.O=[N+]([O-])c1cc([N+](=O)[O-])c(O)c([N+](=O)[O-])c1. The van der Waals surface area contributed by atoms with Gasteiger partial charge in [-0.3, -0.25) is 35.1 Å². The maximum absolute atomic E-state index is 11.6. The van der Waals surface area contributed by atoms with Gasteiger partial charge in [0.15, 0.2) is 0 Å². The van der Waals surface area contributed by atoms with E-state index in [2.05, 4.69) is 5.32 Å². The third-order valence-electron chi connectivity index (χ3n) is 5.73. The third-order valence-corrected chi connectivity index (χ3v) is 5.73. The average Bonchev–Trinajstić information content (AvgIpc) is 2.97. The van der Waals surface area contributed by atoms with E-state index in [-0.39, 0.29) is 5.91 Å². The number of phenols is 1. The van der Waals surface area contributed by atoms with Crippen molar-refractivity contribution >= 4 is 58.6 Å². The number of anilines is 2. The highest BCUT2D eigenvalue weighted by molar-refractivity contribution is 5.94. The van der Waals surface area contributed by atoms with Gasteiger partial charge in [-0.15, -0.1) is 0 Å². The number of rotatable bonds is 8. The van der Waals surface area contributed by atoms with Gasteiger partial charge in [-0.1, -0.05) is 85.0 Å². The molecule has 4 aromatic carbocycles. The zero-order valence-electron chi connectivity index (χ0n) is 22.6. The molecule has 13 heteroatoms. The first-order valence-electron chi connectivity index (χ1n) is 12.4. The number of nitrogens with one attached hydrogen (secondary N) is 1. The first kappa shape index (κ1) is 31.2. The summed E-state index contributed by atoms with van der Waals surface area (Å²) in [6.45, 7) is 1.49. The van der Waals surface area contributed by atoms with Crippen molar-refractivity contribution in [3.63, 3.8) is 0 Å². The first-order chi connectivity index (χ1) is 20.5. The van der Waals surface area contributed by atoms with E-state index in [0.717, 1.165) is 22.3 Å². The fraction of sp³-hybridized carbons (Fsp3) is 0.0333. The van der Waals surface area contributed by atoms with Gasteiger partial charge in [0.25, 0.3) is 11.4 Å². The second kappa shape index (κ2) is 14.3. The maximum atomic E-state index is 11.6. The lowest BCUT2D eigenvalue weighted by Crippen LogP contribution is -2.08. The van der Waals surface area contributed by atoms with Crippen LogP contribution in [0.2, 0.25) is 0 Å². The number of nitro groups is 3. The molecular formula is C30H25N5O8. The number of amides is 1. The predicted octanol–water partition coefficient (Wildman–Crippen LogP) is 6.68. The molecule has 0 atom stereocenters. The minimum Gasteiger partial charge on any atom is -0.497 e. The van der Waals surface area contributed by atoms with Crippen molar-refractivity contribution < 1.29 is 24.7 Å². The van der Waals surface area contributed by atoms with Gasteiger partial charge in [-0.2, -0.15) is 0 Å². The smallest absolute Gasteiger partial charge is 0.324 e. The van der Waals surface area contributed by atoms with Crippen LogP contribution in [0.4, 0.5) is 28.4 Å². The van der Waals surface area contributed by atoms with Crippen LogP contribution in [0.3, 0.4) is 0 Å². The molecule has 13 nitrogen and oxygen atoms in total. The highest BCUT2D eigenvalue weighted by atomic mass is 16.6. The molecule has 4 rings (SSSR count). The van der Waals surface area contributed by atoms with Crippen molar-refractivity contribution in [1.29, 1.82) is 0 Å². The van der Waals surface area contributed by atoms with E-state index in [0.29, 0.717) is 23.5 Å². The van der Waals surface area contributed by atoms with Gasteiger partial charge >= 0.3 is 11.4 Å². The summed E-state index contributed by atoms with van der Waals surface area (Å²) < 4.78 is 0. The standard InChI is InChI=1S/C24H22N2O.C6H3N3O7/c1-18(27)26-24-17-23(25)21(14-12-19-8-4-2-5-9-19)16-22(24)15-13-20-10-6-3-7-11-20;10-6-4(8(13)14)1-3(7(11)12)2-5(6)9(15)16/h2-17H,25H2,1H3,(H,26,27);1-2,10H/b14-12+,15-13+;. The molecule has 0 unspecified atom stereocenters. The number of non-ortho nitro benzene ring substituents is 1. The Morgan fingerprint density at radius 1 is 0.721 bits per heavy atom. The normalized spacial score (nSPS) is 10.6. The third kappa shape index (κ3) is 8.81. The van der Waals surface area contributed by atoms with Crippen molar-refractivity contribution in [3.8, 4) is 5.75 Å². The van der Waals surface area contributed by atoms with Gasteiger partial charge < -0.3 is 16.2 Å². The first-order valence-corrected chi connectivity index (χ1v) is 12.4. The zero-order chi connectivity index (χ0) is 31.5. The molecule has 0 aliphatic carbocycles. The van der Waals surface area contributed by atoms with E-state index in [1.807, 2.05) is 91.0 Å². The molecule has 43 heavy (non-hydrogen) atoms. The number of aromatic hydroxyl groups is 1. The lowest BCUT2D eigenvalue weighted by Gasteiger charge is -2.11. The molecule has 0 saturated carbocycles. The lowest BCUT2D eigenvalue weighted by molar-refractivity contribution is -0.404. The summed E-state index contributed by atoms with van der Waals surface area (Å²) in [5.74, 6) is -1.34. The minimum absolute atomic E-state index is 0.128. The zero-order valence-corrected chi connectivity index (χ0v) is 22.6. The monoisotopic (exact) mass is 583 g/mol. The van der Waals surface area contributed by atoms with E-state index < -0.39 is 37.6 Å². The molecule has 4 aromatic rings. The Balaban J connectivity index is 0.000000271. The molecule has 4 N–H and O–H groups in total. The largest absolute Gasteiger partial charge is 0.497 e. The molecule has 0 aromatic heterocycles. The number of phenolic OH excluding ortho intramolecular Hbond substituents is 1. The molecule has 0 aliphatic rings. The van der Waals surface area contributed by atoms with Crippen LogP contribution in [0.15, 0.2) is 84.9 Å². The summed E-state index contributed by atoms with van der Waals surface area (Å²) in [5, 5.41) is 43.1. The summed E-state index contributed by atoms with van der Waals surface area (Å²) in [6.07, 6.45) is 8.01. The molecule has 0 fully saturated rings. The predicted molar refractivity (Wildman–Crippen MR) is 164 cm³/mol. The number of hydrogen-bond donors (Lipinski definition) is 3. The number of nitro benzene ring substituents is 3. The number of hydrogen-bond acceptors (Lipinski definition) is 9.